The van der Waals surface area contributed by atoms with Gasteiger partial charge < -0.3 is 10.0 Å². The standard InChI is InChI=1S/C19H25N3OS/c23-16-9-6-12-20(13-16)14-21-17-10-4-5-11-18(17)22(19(21)24)15-7-2-1-3-8-15/h1-3,7-8,16,23H,4-6,9-14H2/p+1/t16-/m1/s1. The lowest BCUT2D eigenvalue weighted by Crippen LogP contribution is -3.13. The molecule has 0 amide bonds. The van der Waals surface area contributed by atoms with Gasteiger partial charge in [0.25, 0.3) is 0 Å². The molecule has 1 aromatic carbocycles. The van der Waals surface area contributed by atoms with Crippen molar-refractivity contribution in [2.45, 2.75) is 51.3 Å². The number of likely N-dealkylation sites (tertiary alicyclic amines) is 1. The quantitative estimate of drug-likeness (QED) is 0.834. The van der Waals surface area contributed by atoms with E-state index in [1.807, 2.05) is 0 Å². The lowest BCUT2D eigenvalue weighted by atomic mass is 10.0. The van der Waals surface area contributed by atoms with Crippen LogP contribution in [0.25, 0.3) is 5.69 Å². The largest absolute Gasteiger partial charge is 0.387 e. The number of aliphatic hydroxyl groups excluding tert-OH is 1. The third kappa shape index (κ3) is 2.96. The molecule has 4 rings (SSSR count). The van der Waals surface area contributed by atoms with Crippen LogP contribution in [0, 0.1) is 4.77 Å². The summed E-state index contributed by atoms with van der Waals surface area (Å²) in [6, 6.07) is 10.5. The average molecular weight is 345 g/mol. The fourth-order valence-electron chi connectivity index (χ4n) is 4.26. The van der Waals surface area contributed by atoms with Gasteiger partial charge in [-0.05, 0) is 62.9 Å². The zero-order chi connectivity index (χ0) is 16.5. The summed E-state index contributed by atoms with van der Waals surface area (Å²) < 4.78 is 5.55. The van der Waals surface area contributed by atoms with Gasteiger partial charge in [-0.2, -0.15) is 0 Å². The number of quaternary nitrogens is 1. The molecule has 2 aromatic rings. The number of imidazole rings is 1. The first-order valence-corrected chi connectivity index (χ1v) is 9.55. The minimum Gasteiger partial charge on any atom is -0.387 e. The first kappa shape index (κ1) is 16.1. The van der Waals surface area contributed by atoms with Gasteiger partial charge in [-0.3, -0.25) is 9.13 Å². The number of aromatic nitrogens is 2. The van der Waals surface area contributed by atoms with Crippen molar-refractivity contribution in [1.29, 1.82) is 0 Å². The van der Waals surface area contributed by atoms with Crippen LogP contribution in [0.5, 0.6) is 0 Å². The number of hydrogen-bond donors (Lipinski definition) is 2. The van der Waals surface area contributed by atoms with Crippen LogP contribution in [0.15, 0.2) is 30.3 Å². The van der Waals surface area contributed by atoms with Crippen LogP contribution in [0.3, 0.4) is 0 Å². The number of benzene rings is 1. The normalized spacial score (nSPS) is 23.9. The lowest BCUT2D eigenvalue weighted by molar-refractivity contribution is -0.930. The Balaban J connectivity index is 1.74. The van der Waals surface area contributed by atoms with E-state index in [1.165, 1.54) is 34.8 Å². The molecule has 24 heavy (non-hydrogen) atoms. The summed E-state index contributed by atoms with van der Waals surface area (Å²) in [7, 11) is 0. The smallest absolute Gasteiger partial charge is 0.189 e. The van der Waals surface area contributed by atoms with E-state index in [1.54, 1.807) is 0 Å². The van der Waals surface area contributed by atoms with E-state index >= 15 is 0 Å². The fraction of sp³-hybridized carbons (Fsp3) is 0.526. The van der Waals surface area contributed by atoms with Crippen LogP contribution in [-0.2, 0) is 19.5 Å². The number of piperidine rings is 1. The van der Waals surface area contributed by atoms with Crippen molar-refractivity contribution in [1.82, 2.24) is 9.13 Å². The van der Waals surface area contributed by atoms with Crippen molar-refractivity contribution < 1.29 is 10.0 Å². The summed E-state index contributed by atoms with van der Waals surface area (Å²) in [6.07, 6.45) is 6.61. The van der Waals surface area contributed by atoms with E-state index in [0.717, 1.165) is 50.2 Å². The van der Waals surface area contributed by atoms with Crippen molar-refractivity contribution in [3.05, 3.63) is 46.5 Å². The number of rotatable bonds is 3. The summed E-state index contributed by atoms with van der Waals surface area (Å²) >= 11 is 5.89. The predicted octanol–water partition coefficient (Wildman–Crippen LogP) is 1.88. The van der Waals surface area contributed by atoms with Crippen LogP contribution in [0.1, 0.15) is 37.1 Å². The second-order valence-electron chi connectivity index (χ2n) is 7.14. The van der Waals surface area contributed by atoms with Crippen molar-refractivity contribution in [2.24, 2.45) is 0 Å². The highest BCUT2D eigenvalue weighted by Gasteiger charge is 2.26. The molecule has 0 spiro atoms. The monoisotopic (exact) mass is 344 g/mol. The molecule has 2 heterocycles. The van der Waals surface area contributed by atoms with Crippen LogP contribution in [0.4, 0.5) is 0 Å². The molecule has 4 nitrogen and oxygen atoms in total. The number of fused-ring (bicyclic) bond motifs is 1. The van der Waals surface area contributed by atoms with Gasteiger partial charge >= 0.3 is 0 Å². The molecule has 1 fully saturated rings. The molecule has 1 aliphatic heterocycles. The minimum atomic E-state index is -0.157. The molecule has 0 saturated carbocycles. The SMILES string of the molecule is O[C@@H]1CCC[NH+](Cn2c3c(n(-c4ccccc4)c2=S)CCCC3)C1. The molecule has 2 aliphatic rings. The molecule has 2 atom stereocenters. The molecule has 1 aromatic heterocycles. The third-order valence-electron chi connectivity index (χ3n) is 5.42. The Bertz CT molecular complexity index is 765. The molecule has 1 saturated heterocycles. The van der Waals surface area contributed by atoms with Crippen LogP contribution in [-0.4, -0.2) is 33.4 Å². The molecule has 1 aliphatic carbocycles. The summed E-state index contributed by atoms with van der Waals surface area (Å²) in [5.41, 5.74) is 3.99. The van der Waals surface area contributed by atoms with Gasteiger partial charge in [0.15, 0.2) is 11.4 Å². The van der Waals surface area contributed by atoms with Crippen LogP contribution < -0.4 is 4.90 Å². The highest BCUT2D eigenvalue weighted by atomic mass is 32.1. The first-order valence-electron chi connectivity index (χ1n) is 9.14. The zero-order valence-electron chi connectivity index (χ0n) is 14.1. The topological polar surface area (TPSA) is 34.5 Å². The Kier molecular flexibility index (Phi) is 4.57. The van der Waals surface area contributed by atoms with Gasteiger partial charge in [0.1, 0.15) is 12.6 Å². The van der Waals surface area contributed by atoms with E-state index in [4.69, 9.17) is 12.2 Å². The zero-order valence-corrected chi connectivity index (χ0v) is 14.9. The minimum absolute atomic E-state index is 0.157. The summed E-state index contributed by atoms with van der Waals surface area (Å²) in [4.78, 5) is 1.45. The summed E-state index contributed by atoms with van der Waals surface area (Å²) in [5.74, 6) is 0. The molecule has 128 valence electrons. The lowest BCUT2D eigenvalue weighted by Gasteiger charge is -2.28. The first-order chi connectivity index (χ1) is 11.7. The van der Waals surface area contributed by atoms with Crippen molar-refractivity contribution in [3.8, 4) is 5.69 Å². The predicted molar refractivity (Wildman–Crippen MR) is 97.2 cm³/mol. The fourth-order valence-corrected chi connectivity index (χ4v) is 4.65. The maximum absolute atomic E-state index is 9.99. The number of para-hydroxylation sites is 1. The van der Waals surface area contributed by atoms with Gasteiger partial charge in [-0.25, -0.2) is 0 Å². The van der Waals surface area contributed by atoms with E-state index in [9.17, 15) is 5.11 Å². The highest BCUT2D eigenvalue weighted by Crippen LogP contribution is 2.26. The molecule has 1 unspecified atom stereocenters. The van der Waals surface area contributed by atoms with Gasteiger partial charge in [-0.1, -0.05) is 18.2 Å². The molecular formula is C19H26N3OS+. The third-order valence-corrected chi connectivity index (χ3v) is 5.82. The molecule has 5 heteroatoms. The van der Waals surface area contributed by atoms with Gasteiger partial charge in [-0.15, -0.1) is 0 Å². The van der Waals surface area contributed by atoms with Gasteiger partial charge in [0, 0.05) is 17.1 Å². The van der Waals surface area contributed by atoms with Crippen molar-refractivity contribution in [2.75, 3.05) is 13.1 Å². The second-order valence-corrected chi connectivity index (χ2v) is 7.51. The molecular weight excluding hydrogens is 318 g/mol. The maximum atomic E-state index is 9.99. The molecule has 2 N–H and O–H groups in total. The Labute approximate surface area is 148 Å². The Morgan fingerprint density at radius 1 is 1.08 bits per heavy atom. The number of aliphatic hydroxyl groups is 1. The average Bonchev–Trinajstić information content (AvgIpc) is 2.88. The van der Waals surface area contributed by atoms with E-state index in [-0.39, 0.29) is 6.10 Å². The number of hydrogen-bond acceptors (Lipinski definition) is 2. The number of nitrogens with zero attached hydrogens (tertiary/aromatic N) is 2. The summed E-state index contributed by atoms with van der Waals surface area (Å²) in [5, 5.41) is 9.99. The second kappa shape index (κ2) is 6.82. The van der Waals surface area contributed by atoms with Gasteiger partial charge in [0.2, 0.25) is 0 Å². The van der Waals surface area contributed by atoms with Crippen LogP contribution >= 0.6 is 12.2 Å². The maximum Gasteiger partial charge on any atom is 0.189 e. The van der Waals surface area contributed by atoms with Gasteiger partial charge in [0.05, 0.1) is 6.54 Å². The number of nitrogens with one attached hydrogen (secondary N) is 1. The molecule has 0 bridgehead atoms. The summed E-state index contributed by atoms with van der Waals surface area (Å²) in [6.45, 7) is 2.86. The van der Waals surface area contributed by atoms with E-state index < -0.39 is 0 Å². The van der Waals surface area contributed by atoms with Crippen LogP contribution in [0.2, 0.25) is 0 Å². The Morgan fingerprint density at radius 2 is 1.83 bits per heavy atom. The van der Waals surface area contributed by atoms with E-state index in [0.29, 0.717) is 0 Å². The highest BCUT2D eigenvalue weighted by molar-refractivity contribution is 7.71. The Morgan fingerprint density at radius 3 is 2.58 bits per heavy atom. The van der Waals surface area contributed by atoms with Crippen molar-refractivity contribution in [3.63, 3.8) is 0 Å². The van der Waals surface area contributed by atoms with Crippen molar-refractivity contribution >= 4 is 12.2 Å². The van der Waals surface area contributed by atoms with E-state index in [2.05, 4.69) is 39.5 Å². The Hall–Kier alpha value is -1.43. The molecule has 0 radical (unpaired) electrons.